The smallest absolute Gasteiger partial charge is 0.251 e. The highest BCUT2D eigenvalue weighted by Crippen LogP contribution is 2.36. The van der Waals surface area contributed by atoms with Crippen molar-refractivity contribution in [1.82, 2.24) is 5.32 Å². The van der Waals surface area contributed by atoms with E-state index in [0.29, 0.717) is 17.0 Å². The third-order valence-corrected chi connectivity index (χ3v) is 3.56. The lowest BCUT2D eigenvalue weighted by Crippen LogP contribution is -2.29. The zero-order valence-corrected chi connectivity index (χ0v) is 10.4. The molecule has 1 aromatic carbocycles. The van der Waals surface area contributed by atoms with E-state index in [9.17, 15) is 9.90 Å². The molecular formula is C14H19NO2. The van der Waals surface area contributed by atoms with E-state index in [-0.39, 0.29) is 11.7 Å². The van der Waals surface area contributed by atoms with E-state index in [1.165, 1.54) is 12.8 Å². The summed E-state index contributed by atoms with van der Waals surface area (Å²) in [4.78, 5) is 11.9. The molecule has 1 aliphatic carbocycles. The number of carbonyl (C=O) groups excluding carboxylic acids is 1. The fourth-order valence-electron chi connectivity index (χ4n) is 2.05. The summed E-state index contributed by atoms with van der Waals surface area (Å²) in [5.41, 5.74) is 1.21. The number of phenolic OH excluding ortho intramolecular Hbond substituents is 1. The minimum Gasteiger partial charge on any atom is -0.508 e. The lowest BCUT2D eigenvalue weighted by atomic mass is 10.0. The summed E-state index contributed by atoms with van der Waals surface area (Å²) in [5, 5.41) is 12.5. The van der Waals surface area contributed by atoms with Gasteiger partial charge in [-0.3, -0.25) is 4.79 Å². The van der Waals surface area contributed by atoms with E-state index >= 15 is 0 Å². The Kier molecular flexibility index (Phi) is 3.36. The van der Waals surface area contributed by atoms with Crippen LogP contribution in [0.3, 0.4) is 0 Å². The highest BCUT2D eigenvalue weighted by Gasteiger charge is 2.28. The first-order chi connectivity index (χ1) is 8.09. The van der Waals surface area contributed by atoms with Crippen LogP contribution >= 0.6 is 0 Å². The van der Waals surface area contributed by atoms with Crippen LogP contribution in [0.4, 0.5) is 0 Å². The standard InChI is InChI=1S/C14H19NO2/c1-9(11-6-7-11)8-15-14(17)12-4-3-5-13(16)10(12)2/h3-5,9,11,16H,6-8H2,1-2H3,(H,15,17). The summed E-state index contributed by atoms with van der Waals surface area (Å²) in [5.74, 6) is 1.43. The van der Waals surface area contributed by atoms with Crippen LogP contribution in [0.2, 0.25) is 0 Å². The second kappa shape index (κ2) is 4.78. The molecule has 0 saturated heterocycles. The Balaban J connectivity index is 1.96. The van der Waals surface area contributed by atoms with Crippen molar-refractivity contribution < 1.29 is 9.90 Å². The fourth-order valence-corrected chi connectivity index (χ4v) is 2.05. The SMILES string of the molecule is Cc1c(O)cccc1C(=O)NCC(C)C1CC1. The van der Waals surface area contributed by atoms with Crippen LogP contribution in [0.5, 0.6) is 5.75 Å². The molecule has 0 heterocycles. The van der Waals surface area contributed by atoms with Gasteiger partial charge in [0.25, 0.3) is 5.91 Å². The molecule has 2 rings (SSSR count). The average molecular weight is 233 g/mol. The second-order valence-electron chi connectivity index (χ2n) is 4.97. The van der Waals surface area contributed by atoms with Gasteiger partial charge in [-0.15, -0.1) is 0 Å². The molecule has 3 heteroatoms. The number of aromatic hydroxyl groups is 1. The summed E-state index contributed by atoms with van der Waals surface area (Å²) in [6.45, 7) is 4.65. The van der Waals surface area contributed by atoms with Gasteiger partial charge in [-0.2, -0.15) is 0 Å². The molecule has 1 unspecified atom stereocenters. The Bertz CT molecular complexity index is 424. The molecule has 1 saturated carbocycles. The Labute approximate surface area is 102 Å². The van der Waals surface area contributed by atoms with Gasteiger partial charge in [0.1, 0.15) is 5.75 Å². The largest absolute Gasteiger partial charge is 0.508 e. The number of nitrogens with one attached hydrogen (secondary N) is 1. The Hall–Kier alpha value is -1.51. The summed E-state index contributed by atoms with van der Waals surface area (Å²) >= 11 is 0. The number of hydrogen-bond donors (Lipinski definition) is 2. The average Bonchev–Trinajstić information content (AvgIpc) is 3.13. The van der Waals surface area contributed by atoms with Crippen molar-refractivity contribution in [2.45, 2.75) is 26.7 Å². The number of hydrogen-bond acceptors (Lipinski definition) is 2. The van der Waals surface area contributed by atoms with E-state index in [2.05, 4.69) is 12.2 Å². The molecule has 0 aliphatic heterocycles. The first-order valence-corrected chi connectivity index (χ1v) is 6.16. The Morgan fingerprint density at radius 3 is 2.88 bits per heavy atom. The van der Waals surface area contributed by atoms with Crippen LogP contribution in [0.15, 0.2) is 18.2 Å². The predicted molar refractivity (Wildman–Crippen MR) is 67.1 cm³/mol. The minimum absolute atomic E-state index is 0.0918. The summed E-state index contributed by atoms with van der Waals surface area (Å²) in [6.07, 6.45) is 2.59. The lowest BCUT2D eigenvalue weighted by molar-refractivity contribution is 0.0945. The molecule has 1 atom stereocenters. The topological polar surface area (TPSA) is 49.3 Å². The normalized spacial score (nSPS) is 16.6. The molecule has 0 radical (unpaired) electrons. The van der Waals surface area contributed by atoms with Crippen molar-refractivity contribution in [3.63, 3.8) is 0 Å². The van der Waals surface area contributed by atoms with Gasteiger partial charge >= 0.3 is 0 Å². The van der Waals surface area contributed by atoms with Gasteiger partial charge in [-0.1, -0.05) is 13.0 Å². The minimum atomic E-state index is -0.0918. The number of phenols is 1. The number of rotatable bonds is 4. The van der Waals surface area contributed by atoms with Crippen molar-refractivity contribution >= 4 is 5.91 Å². The molecule has 0 spiro atoms. The molecule has 1 fully saturated rings. The number of carbonyl (C=O) groups is 1. The van der Waals surface area contributed by atoms with E-state index in [1.807, 2.05) is 0 Å². The van der Waals surface area contributed by atoms with Crippen LogP contribution in [-0.2, 0) is 0 Å². The monoisotopic (exact) mass is 233 g/mol. The molecular weight excluding hydrogens is 214 g/mol. The third-order valence-electron chi connectivity index (χ3n) is 3.56. The molecule has 2 N–H and O–H groups in total. The second-order valence-corrected chi connectivity index (χ2v) is 4.97. The summed E-state index contributed by atoms with van der Waals surface area (Å²) in [7, 11) is 0. The van der Waals surface area contributed by atoms with Gasteiger partial charge in [0, 0.05) is 17.7 Å². The van der Waals surface area contributed by atoms with Crippen molar-refractivity contribution in [2.75, 3.05) is 6.54 Å². The maximum atomic E-state index is 11.9. The maximum absolute atomic E-state index is 11.9. The molecule has 1 aliphatic rings. The quantitative estimate of drug-likeness (QED) is 0.839. The van der Waals surface area contributed by atoms with Crippen LogP contribution < -0.4 is 5.32 Å². The van der Waals surface area contributed by atoms with Crippen molar-refractivity contribution in [3.05, 3.63) is 29.3 Å². The van der Waals surface area contributed by atoms with Gasteiger partial charge in [0.15, 0.2) is 0 Å². The van der Waals surface area contributed by atoms with Gasteiger partial charge in [0.05, 0.1) is 0 Å². The highest BCUT2D eigenvalue weighted by atomic mass is 16.3. The van der Waals surface area contributed by atoms with E-state index < -0.39 is 0 Å². The van der Waals surface area contributed by atoms with E-state index in [1.54, 1.807) is 25.1 Å². The van der Waals surface area contributed by atoms with E-state index in [4.69, 9.17) is 0 Å². The zero-order chi connectivity index (χ0) is 12.4. The van der Waals surface area contributed by atoms with Crippen molar-refractivity contribution in [3.8, 4) is 5.75 Å². The van der Waals surface area contributed by atoms with Crippen LogP contribution in [0.25, 0.3) is 0 Å². The fraction of sp³-hybridized carbons (Fsp3) is 0.500. The maximum Gasteiger partial charge on any atom is 0.251 e. The lowest BCUT2D eigenvalue weighted by Gasteiger charge is -2.12. The first kappa shape index (κ1) is 12.0. The molecule has 0 bridgehead atoms. The first-order valence-electron chi connectivity index (χ1n) is 6.16. The van der Waals surface area contributed by atoms with Gasteiger partial charge in [0.2, 0.25) is 0 Å². The zero-order valence-electron chi connectivity index (χ0n) is 10.4. The Morgan fingerprint density at radius 1 is 1.53 bits per heavy atom. The van der Waals surface area contributed by atoms with Crippen molar-refractivity contribution in [2.24, 2.45) is 11.8 Å². The molecule has 3 nitrogen and oxygen atoms in total. The van der Waals surface area contributed by atoms with Crippen LogP contribution in [0, 0.1) is 18.8 Å². The predicted octanol–water partition coefficient (Wildman–Crippen LogP) is 2.48. The van der Waals surface area contributed by atoms with Crippen LogP contribution in [-0.4, -0.2) is 17.6 Å². The molecule has 1 amide bonds. The molecule has 17 heavy (non-hydrogen) atoms. The summed E-state index contributed by atoms with van der Waals surface area (Å²) in [6, 6.07) is 5.03. The molecule has 0 aromatic heterocycles. The van der Waals surface area contributed by atoms with Gasteiger partial charge in [-0.05, 0) is 43.7 Å². The number of amides is 1. The highest BCUT2D eigenvalue weighted by molar-refractivity contribution is 5.96. The number of benzene rings is 1. The third kappa shape index (κ3) is 2.78. The summed E-state index contributed by atoms with van der Waals surface area (Å²) < 4.78 is 0. The van der Waals surface area contributed by atoms with E-state index in [0.717, 1.165) is 12.5 Å². The van der Waals surface area contributed by atoms with Crippen LogP contribution in [0.1, 0.15) is 35.7 Å². The Morgan fingerprint density at radius 2 is 2.24 bits per heavy atom. The molecule has 92 valence electrons. The van der Waals surface area contributed by atoms with Crippen molar-refractivity contribution in [1.29, 1.82) is 0 Å². The van der Waals surface area contributed by atoms with Gasteiger partial charge in [-0.25, -0.2) is 0 Å². The van der Waals surface area contributed by atoms with Gasteiger partial charge < -0.3 is 10.4 Å². The molecule has 1 aromatic rings.